The first kappa shape index (κ1) is 13.1. The number of nitrogens with zero attached hydrogens (tertiary/aromatic N) is 4. The predicted octanol–water partition coefficient (Wildman–Crippen LogP) is 2.12. The molecule has 0 spiro atoms. The molecule has 0 saturated heterocycles. The van der Waals surface area contributed by atoms with Crippen LogP contribution in [0.5, 0.6) is 11.5 Å². The Morgan fingerprint density at radius 1 is 0.857 bits per heavy atom. The van der Waals surface area contributed by atoms with Crippen molar-refractivity contribution in [3.8, 4) is 17.2 Å². The number of hydrogen-bond donors (Lipinski definition) is 0. The second-order valence-corrected chi connectivity index (χ2v) is 4.26. The third-order valence-electron chi connectivity index (χ3n) is 2.80. The largest absolute Gasteiger partial charge is 0.490 e. The zero-order valence-corrected chi connectivity index (χ0v) is 11.3. The molecule has 0 amide bonds. The fraction of sp³-hybridized carbons (Fsp3) is 0.133. The van der Waals surface area contributed by atoms with E-state index >= 15 is 0 Å². The molecular weight excluding hydrogens is 268 g/mol. The lowest BCUT2D eigenvalue weighted by Gasteiger charge is -2.09. The number of aromatic nitrogens is 4. The number of hydrogen-bond acceptors (Lipinski definition) is 5. The molecule has 0 bridgehead atoms. The topological polar surface area (TPSA) is 62.1 Å². The molecule has 0 fully saturated rings. The van der Waals surface area contributed by atoms with Crippen molar-refractivity contribution in [1.82, 2.24) is 20.2 Å². The van der Waals surface area contributed by atoms with Crippen LogP contribution in [0.3, 0.4) is 0 Å². The summed E-state index contributed by atoms with van der Waals surface area (Å²) in [4.78, 5) is 0. The Morgan fingerprint density at radius 2 is 1.62 bits per heavy atom. The first-order chi connectivity index (χ1) is 10.4. The third kappa shape index (κ3) is 3.56. The Kier molecular flexibility index (Phi) is 4.07. The number of tetrazole rings is 1. The maximum atomic E-state index is 5.66. The maximum Gasteiger partial charge on any atom is 0.143 e. The maximum absolute atomic E-state index is 5.66. The molecule has 2 aromatic carbocycles. The van der Waals surface area contributed by atoms with Crippen molar-refractivity contribution in [2.45, 2.75) is 0 Å². The SMILES string of the molecule is c1ccc(OCCOc2cccc(-n3cnnn3)c2)cc1. The van der Waals surface area contributed by atoms with Crippen LogP contribution in [-0.4, -0.2) is 33.4 Å². The molecule has 0 radical (unpaired) electrons. The second kappa shape index (κ2) is 6.51. The number of ether oxygens (including phenoxy) is 2. The highest BCUT2D eigenvalue weighted by molar-refractivity contribution is 5.37. The number of benzene rings is 2. The summed E-state index contributed by atoms with van der Waals surface area (Å²) in [7, 11) is 0. The zero-order valence-electron chi connectivity index (χ0n) is 11.3. The minimum atomic E-state index is 0.466. The molecule has 0 N–H and O–H groups in total. The average molecular weight is 282 g/mol. The minimum absolute atomic E-state index is 0.466. The Morgan fingerprint density at radius 3 is 2.38 bits per heavy atom. The van der Waals surface area contributed by atoms with E-state index in [1.807, 2.05) is 54.6 Å². The summed E-state index contributed by atoms with van der Waals surface area (Å²) in [5.74, 6) is 1.59. The van der Waals surface area contributed by atoms with Crippen molar-refractivity contribution in [3.05, 3.63) is 60.9 Å². The molecule has 3 aromatic rings. The van der Waals surface area contributed by atoms with Crippen molar-refractivity contribution in [3.63, 3.8) is 0 Å². The molecule has 106 valence electrons. The van der Waals surface area contributed by atoms with Gasteiger partial charge in [-0.25, -0.2) is 4.68 Å². The smallest absolute Gasteiger partial charge is 0.143 e. The van der Waals surface area contributed by atoms with Crippen LogP contribution in [0.4, 0.5) is 0 Å². The molecule has 6 nitrogen and oxygen atoms in total. The van der Waals surface area contributed by atoms with Crippen LogP contribution in [0.15, 0.2) is 60.9 Å². The van der Waals surface area contributed by atoms with Gasteiger partial charge in [-0.15, -0.1) is 5.10 Å². The molecule has 0 aliphatic rings. The molecule has 0 saturated carbocycles. The normalized spacial score (nSPS) is 10.3. The molecule has 3 rings (SSSR count). The Hall–Kier alpha value is -2.89. The summed E-state index contributed by atoms with van der Waals surface area (Å²) in [6.07, 6.45) is 1.54. The highest BCUT2D eigenvalue weighted by Gasteiger charge is 2.00. The van der Waals surface area contributed by atoms with Gasteiger partial charge in [0.25, 0.3) is 0 Å². The van der Waals surface area contributed by atoms with Gasteiger partial charge in [0.1, 0.15) is 31.0 Å². The third-order valence-corrected chi connectivity index (χ3v) is 2.80. The van der Waals surface area contributed by atoms with Crippen molar-refractivity contribution in [2.24, 2.45) is 0 Å². The van der Waals surface area contributed by atoms with Crippen molar-refractivity contribution in [1.29, 1.82) is 0 Å². The molecule has 0 unspecified atom stereocenters. The van der Waals surface area contributed by atoms with Crippen molar-refractivity contribution >= 4 is 0 Å². The van der Waals surface area contributed by atoms with Gasteiger partial charge in [0, 0.05) is 6.07 Å². The Bertz CT molecular complexity index is 671. The molecule has 1 aromatic heterocycles. The van der Waals surface area contributed by atoms with Gasteiger partial charge in [-0.2, -0.15) is 0 Å². The highest BCUT2D eigenvalue weighted by Crippen LogP contribution is 2.15. The monoisotopic (exact) mass is 282 g/mol. The van der Waals surface area contributed by atoms with Crippen LogP contribution in [0.2, 0.25) is 0 Å². The van der Waals surface area contributed by atoms with E-state index in [2.05, 4.69) is 15.5 Å². The number of rotatable bonds is 6. The minimum Gasteiger partial charge on any atom is -0.490 e. The Balaban J connectivity index is 1.53. The molecule has 6 heteroatoms. The van der Waals surface area contributed by atoms with Gasteiger partial charge < -0.3 is 9.47 Å². The predicted molar refractivity (Wildman–Crippen MR) is 76.6 cm³/mol. The van der Waals surface area contributed by atoms with E-state index in [9.17, 15) is 0 Å². The summed E-state index contributed by atoms with van der Waals surface area (Å²) in [6, 6.07) is 17.2. The fourth-order valence-electron chi connectivity index (χ4n) is 1.83. The van der Waals surface area contributed by atoms with Crippen LogP contribution in [0.25, 0.3) is 5.69 Å². The van der Waals surface area contributed by atoms with Crippen molar-refractivity contribution in [2.75, 3.05) is 13.2 Å². The van der Waals surface area contributed by atoms with Gasteiger partial charge in [-0.1, -0.05) is 24.3 Å². The van der Waals surface area contributed by atoms with Gasteiger partial charge in [-0.05, 0) is 34.7 Å². The first-order valence-electron chi connectivity index (χ1n) is 6.56. The lowest BCUT2D eigenvalue weighted by atomic mass is 10.3. The Labute approximate surface area is 121 Å². The van der Waals surface area contributed by atoms with Crippen LogP contribution in [-0.2, 0) is 0 Å². The van der Waals surface area contributed by atoms with Gasteiger partial charge in [0.2, 0.25) is 0 Å². The molecule has 1 heterocycles. The molecule has 21 heavy (non-hydrogen) atoms. The summed E-state index contributed by atoms with van der Waals surface area (Å²) < 4.78 is 12.8. The van der Waals surface area contributed by atoms with Crippen LogP contribution in [0, 0.1) is 0 Å². The van der Waals surface area contributed by atoms with Gasteiger partial charge >= 0.3 is 0 Å². The molecule has 0 aliphatic heterocycles. The van der Waals surface area contributed by atoms with Crippen molar-refractivity contribution < 1.29 is 9.47 Å². The van der Waals surface area contributed by atoms with E-state index in [0.717, 1.165) is 17.2 Å². The molecule has 0 aliphatic carbocycles. The van der Waals surface area contributed by atoms with E-state index in [-0.39, 0.29) is 0 Å². The van der Waals surface area contributed by atoms with E-state index in [1.54, 1.807) is 4.68 Å². The summed E-state index contributed by atoms with van der Waals surface area (Å²) in [6.45, 7) is 0.951. The lowest BCUT2D eigenvalue weighted by Crippen LogP contribution is -2.09. The standard InChI is InChI=1S/C15H14N4O2/c1-2-6-14(7-3-1)20-9-10-21-15-8-4-5-13(11-15)19-12-16-17-18-19/h1-8,11-12H,9-10H2. The van der Waals surface area contributed by atoms with Gasteiger partial charge in [0.15, 0.2) is 0 Å². The fourth-order valence-corrected chi connectivity index (χ4v) is 1.83. The first-order valence-corrected chi connectivity index (χ1v) is 6.56. The second-order valence-electron chi connectivity index (χ2n) is 4.26. The quantitative estimate of drug-likeness (QED) is 0.648. The van der Waals surface area contributed by atoms with Crippen LogP contribution < -0.4 is 9.47 Å². The summed E-state index contributed by atoms with van der Waals surface area (Å²) >= 11 is 0. The highest BCUT2D eigenvalue weighted by atomic mass is 16.5. The average Bonchev–Trinajstić information content (AvgIpc) is 3.07. The summed E-state index contributed by atoms with van der Waals surface area (Å²) in [5, 5.41) is 11.1. The van der Waals surface area contributed by atoms with Gasteiger partial charge in [0.05, 0.1) is 5.69 Å². The van der Waals surface area contributed by atoms with Crippen LogP contribution >= 0.6 is 0 Å². The van der Waals surface area contributed by atoms with E-state index in [4.69, 9.17) is 9.47 Å². The zero-order chi connectivity index (χ0) is 14.3. The van der Waals surface area contributed by atoms with Gasteiger partial charge in [-0.3, -0.25) is 0 Å². The lowest BCUT2D eigenvalue weighted by molar-refractivity contribution is 0.217. The van der Waals surface area contributed by atoms with E-state index in [0.29, 0.717) is 13.2 Å². The van der Waals surface area contributed by atoms with E-state index < -0.39 is 0 Å². The van der Waals surface area contributed by atoms with E-state index in [1.165, 1.54) is 6.33 Å². The molecular formula is C15H14N4O2. The molecule has 0 atom stereocenters. The summed E-state index contributed by atoms with van der Waals surface area (Å²) in [5.41, 5.74) is 0.849. The number of para-hydroxylation sites is 1. The van der Waals surface area contributed by atoms with Crippen LogP contribution in [0.1, 0.15) is 0 Å².